The Morgan fingerprint density at radius 1 is 0.733 bits per heavy atom. The Labute approximate surface area is 95.8 Å². The van der Waals surface area contributed by atoms with Crippen molar-refractivity contribution in [3.63, 3.8) is 0 Å². The Kier molecular flexibility index (Phi) is 3.14. The molecule has 0 heterocycles. The Morgan fingerprint density at radius 2 is 1.13 bits per heavy atom. The van der Waals surface area contributed by atoms with E-state index in [0.717, 1.165) is 23.7 Å². The highest BCUT2D eigenvalue weighted by Gasteiger charge is 2.42. The van der Waals surface area contributed by atoms with Gasteiger partial charge in [0.15, 0.2) is 0 Å². The zero-order chi connectivity index (χ0) is 11.1. The topological polar surface area (TPSA) is 0 Å². The standard InChI is InChI=1S/C15H28/c1-11-5-7-13(9-11)15(3,4)14-8-6-12(2)10-14/h11-14H,5-10H2,1-4H3. The van der Waals surface area contributed by atoms with Crippen LogP contribution in [0.5, 0.6) is 0 Å². The lowest BCUT2D eigenvalue weighted by atomic mass is 9.67. The second-order valence-electron chi connectivity index (χ2n) is 7.05. The summed E-state index contributed by atoms with van der Waals surface area (Å²) in [5, 5.41) is 0. The molecule has 88 valence electrons. The van der Waals surface area contributed by atoms with E-state index in [0.29, 0.717) is 5.41 Å². The van der Waals surface area contributed by atoms with Crippen molar-refractivity contribution in [2.24, 2.45) is 29.1 Å². The van der Waals surface area contributed by atoms with E-state index in [1.165, 1.54) is 38.5 Å². The largest absolute Gasteiger partial charge is 0.0625 e. The Hall–Kier alpha value is 0. The molecule has 2 aliphatic rings. The third-order valence-corrected chi connectivity index (χ3v) is 5.49. The van der Waals surface area contributed by atoms with Gasteiger partial charge < -0.3 is 0 Å². The van der Waals surface area contributed by atoms with Gasteiger partial charge in [-0.2, -0.15) is 0 Å². The maximum Gasteiger partial charge on any atom is -0.0297 e. The van der Waals surface area contributed by atoms with Gasteiger partial charge in [-0.1, -0.05) is 40.5 Å². The van der Waals surface area contributed by atoms with Crippen molar-refractivity contribution in [1.29, 1.82) is 0 Å². The minimum atomic E-state index is 0.621. The van der Waals surface area contributed by atoms with Crippen molar-refractivity contribution < 1.29 is 0 Å². The average Bonchev–Trinajstić information content (AvgIpc) is 2.74. The molecule has 0 amide bonds. The van der Waals surface area contributed by atoms with Crippen molar-refractivity contribution in [2.45, 2.75) is 66.2 Å². The first-order valence-electron chi connectivity index (χ1n) is 7.00. The van der Waals surface area contributed by atoms with Crippen molar-refractivity contribution in [2.75, 3.05) is 0 Å². The van der Waals surface area contributed by atoms with E-state index in [-0.39, 0.29) is 0 Å². The summed E-state index contributed by atoms with van der Waals surface area (Å²) >= 11 is 0. The average molecular weight is 208 g/mol. The summed E-state index contributed by atoms with van der Waals surface area (Å²) in [6, 6.07) is 0. The SMILES string of the molecule is CC1CCC(C(C)(C)C2CCC(C)C2)C1. The molecule has 0 spiro atoms. The number of rotatable bonds is 2. The Morgan fingerprint density at radius 3 is 1.40 bits per heavy atom. The maximum absolute atomic E-state index is 2.55. The molecule has 0 saturated heterocycles. The van der Waals surface area contributed by atoms with Crippen LogP contribution in [0.1, 0.15) is 66.2 Å². The van der Waals surface area contributed by atoms with E-state index in [4.69, 9.17) is 0 Å². The Balaban J connectivity index is 1.99. The summed E-state index contributed by atoms with van der Waals surface area (Å²) in [6.45, 7) is 9.98. The van der Waals surface area contributed by atoms with E-state index in [1.54, 1.807) is 0 Å². The van der Waals surface area contributed by atoms with E-state index in [2.05, 4.69) is 27.7 Å². The molecule has 0 aromatic rings. The second-order valence-corrected chi connectivity index (χ2v) is 7.05. The summed E-state index contributed by atoms with van der Waals surface area (Å²) < 4.78 is 0. The molecule has 2 rings (SSSR count). The van der Waals surface area contributed by atoms with Crippen molar-refractivity contribution in [3.8, 4) is 0 Å². The summed E-state index contributed by atoms with van der Waals surface area (Å²) in [5.41, 5.74) is 0.621. The molecule has 0 aromatic heterocycles. The molecular weight excluding hydrogens is 180 g/mol. The highest BCUT2D eigenvalue weighted by Crippen LogP contribution is 2.52. The van der Waals surface area contributed by atoms with Gasteiger partial charge in [0.2, 0.25) is 0 Å². The molecule has 4 unspecified atom stereocenters. The van der Waals surface area contributed by atoms with Gasteiger partial charge in [-0.25, -0.2) is 0 Å². The lowest BCUT2D eigenvalue weighted by Gasteiger charge is -2.38. The van der Waals surface area contributed by atoms with Gasteiger partial charge in [-0.3, -0.25) is 0 Å². The predicted molar refractivity (Wildman–Crippen MR) is 66.8 cm³/mol. The molecule has 4 atom stereocenters. The van der Waals surface area contributed by atoms with E-state index in [9.17, 15) is 0 Å². The van der Waals surface area contributed by atoms with Gasteiger partial charge in [0, 0.05) is 0 Å². The van der Waals surface area contributed by atoms with Crippen LogP contribution in [0, 0.1) is 29.1 Å². The zero-order valence-corrected chi connectivity index (χ0v) is 11.1. The zero-order valence-electron chi connectivity index (χ0n) is 11.1. The highest BCUT2D eigenvalue weighted by molar-refractivity contribution is 4.92. The number of hydrogen-bond acceptors (Lipinski definition) is 0. The van der Waals surface area contributed by atoms with E-state index in [1.807, 2.05) is 0 Å². The van der Waals surface area contributed by atoms with Gasteiger partial charge >= 0.3 is 0 Å². The van der Waals surface area contributed by atoms with Crippen LogP contribution in [0.4, 0.5) is 0 Å². The summed E-state index contributed by atoms with van der Waals surface area (Å²) in [5.74, 6) is 4.02. The van der Waals surface area contributed by atoms with Gasteiger partial charge in [0.25, 0.3) is 0 Å². The highest BCUT2D eigenvalue weighted by atomic mass is 14.5. The minimum absolute atomic E-state index is 0.621. The minimum Gasteiger partial charge on any atom is -0.0625 e. The van der Waals surface area contributed by atoms with Crippen LogP contribution in [-0.2, 0) is 0 Å². The van der Waals surface area contributed by atoms with Gasteiger partial charge in [0.1, 0.15) is 0 Å². The quantitative estimate of drug-likeness (QED) is 0.606. The molecule has 0 aromatic carbocycles. The van der Waals surface area contributed by atoms with Crippen LogP contribution >= 0.6 is 0 Å². The van der Waals surface area contributed by atoms with Crippen LogP contribution in [0.2, 0.25) is 0 Å². The fraction of sp³-hybridized carbons (Fsp3) is 1.00. The monoisotopic (exact) mass is 208 g/mol. The molecular formula is C15H28. The van der Waals surface area contributed by atoms with Crippen molar-refractivity contribution >= 4 is 0 Å². The van der Waals surface area contributed by atoms with Crippen LogP contribution in [0.3, 0.4) is 0 Å². The van der Waals surface area contributed by atoms with E-state index < -0.39 is 0 Å². The lowest BCUT2D eigenvalue weighted by molar-refractivity contribution is 0.115. The molecule has 0 nitrogen and oxygen atoms in total. The first-order chi connectivity index (χ1) is 7.00. The normalized spacial score (nSPS) is 42.4. The molecule has 15 heavy (non-hydrogen) atoms. The van der Waals surface area contributed by atoms with Crippen LogP contribution < -0.4 is 0 Å². The van der Waals surface area contributed by atoms with Crippen LogP contribution in [-0.4, -0.2) is 0 Å². The molecule has 0 bridgehead atoms. The van der Waals surface area contributed by atoms with Crippen LogP contribution in [0.15, 0.2) is 0 Å². The third-order valence-electron chi connectivity index (χ3n) is 5.49. The first-order valence-corrected chi connectivity index (χ1v) is 7.00. The summed E-state index contributed by atoms with van der Waals surface area (Å²) in [4.78, 5) is 0. The first kappa shape index (κ1) is 11.5. The lowest BCUT2D eigenvalue weighted by Crippen LogP contribution is -2.30. The fourth-order valence-corrected chi connectivity index (χ4v) is 4.10. The van der Waals surface area contributed by atoms with Crippen molar-refractivity contribution in [1.82, 2.24) is 0 Å². The van der Waals surface area contributed by atoms with Gasteiger partial charge in [0.05, 0.1) is 0 Å². The molecule has 2 aliphatic carbocycles. The molecule has 0 heteroatoms. The smallest absolute Gasteiger partial charge is 0.0297 e. The molecule has 0 N–H and O–H groups in total. The molecule has 2 saturated carbocycles. The predicted octanol–water partition coefficient (Wildman–Crippen LogP) is 4.89. The Bertz CT molecular complexity index is 194. The summed E-state index contributed by atoms with van der Waals surface area (Å²) in [7, 11) is 0. The molecule has 0 radical (unpaired) electrons. The maximum atomic E-state index is 2.55. The fourth-order valence-electron chi connectivity index (χ4n) is 4.10. The molecule has 2 fully saturated rings. The summed E-state index contributed by atoms with van der Waals surface area (Å²) in [6.07, 6.45) is 8.96. The number of hydrogen-bond donors (Lipinski definition) is 0. The van der Waals surface area contributed by atoms with Crippen molar-refractivity contribution in [3.05, 3.63) is 0 Å². The third kappa shape index (κ3) is 2.24. The second kappa shape index (κ2) is 4.11. The molecule has 0 aliphatic heterocycles. The van der Waals surface area contributed by atoms with Gasteiger partial charge in [-0.15, -0.1) is 0 Å². The van der Waals surface area contributed by atoms with E-state index >= 15 is 0 Å². The van der Waals surface area contributed by atoms with Crippen LogP contribution in [0.25, 0.3) is 0 Å². The van der Waals surface area contributed by atoms with Gasteiger partial charge in [-0.05, 0) is 54.8 Å².